The zero-order valence-electron chi connectivity index (χ0n) is 12.8. The Balaban J connectivity index is 2.25. The first-order valence-electron chi connectivity index (χ1n) is 7.63. The first kappa shape index (κ1) is 17.2. The van der Waals surface area contributed by atoms with Crippen LogP contribution in [0.15, 0.2) is 30.3 Å². The summed E-state index contributed by atoms with van der Waals surface area (Å²) in [7, 11) is -3.69. The van der Waals surface area contributed by atoms with Crippen LogP contribution in [0, 0.1) is 5.92 Å². The molecule has 1 aromatic rings. The van der Waals surface area contributed by atoms with Crippen LogP contribution >= 0.6 is 7.37 Å². The topological polar surface area (TPSA) is 83.8 Å². The molecule has 0 aromatic heterocycles. The molecule has 1 aromatic carbocycles. The number of carboxylic acids is 1. The lowest BCUT2D eigenvalue weighted by molar-refractivity contribution is -0.143. The lowest BCUT2D eigenvalue weighted by atomic mass is 9.97. The van der Waals surface area contributed by atoms with Crippen LogP contribution in [0.5, 0.6) is 0 Å². The summed E-state index contributed by atoms with van der Waals surface area (Å²) in [6.45, 7) is 2.19. The van der Waals surface area contributed by atoms with E-state index in [9.17, 15) is 19.4 Å². The monoisotopic (exact) mass is 326 g/mol. The van der Waals surface area contributed by atoms with Gasteiger partial charge in [0.05, 0.1) is 12.1 Å². The van der Waals surface area contributed by atoms with Crippen LogP contribution < -0.4 is 0 Å². The summed E-state index contributed by atoms with van der Waals surface area (Å²) < 4.78 is 18.7. The van der Waals surface area contributed by atoms with Gasteiger partial charge in [0.25, 0.3) is 0 Å². The van der Waals surface area contributed by atoms with Crippen LogP contribution in [0.4, 0.5) is 0 Å². The number of aliphatic carboxylic acids is 1. The highest BCUT2D eigenvalue weighted by Crippen LogP contribution is 2.63. The molecule has 1 heterocycles. The Kier molecular flexibility index (Phi) is 5.43. The number of ether oxygens (including phenoxy) is 1. The summed E-state index contributed by atoms with van der Waals surface area (Å²) in [6, 6.07) is 9.11. The van der Waals surface area contributed by atoms with Gasteiger partial charge in [-0.3, -0.25) is 9.36 Å². The molecule has 0 bridgehead atoms. The molecule has 0 aliphatic carbocycles. The van der Waals surface area contributed by atoms with E-state index in [1.54, 1.807) is 19.1 Å². The Morgan fingerprint density at radius 1 is 1.41 bits per heavy atom. The average Bonchev–Trinajstić information content (AvgIpc) is 2.95. The average molecular weight is 326 g/mol. The molecule has 1 aliphatic heterocycles. The van der Waals surface area contributed by atoms with E-state index >= 15 is 0 Å². The molecule has 3 unspecified atom stereocenters. The smallest absolute Gasteiger partial charge is 0.306 e. The van der Waals surface area contributed by atoms with Crippen molar-refractivity contribution in [3.63, 3.8) is 0 Å². The summed E-state index contributed by atoms with van der Waals surface area (Å²) in [5, 5.41) is 8.06. The Hall–Kier alpha value is -1.16. The molecule has 0 spiro atoms. The van der Waals surface area contributed by atoms with E-state index in [-0.39, 0.29) is 12.6 Å². The van der Waals surface area contributed by atoms with Crippen molar-refractivity contribution in [1.82, 2.24) is 0 Å². The van der Waals surface area contributed by atoms with Crippen LogP contribution in [-0.4, -0.2) is 27.9 Å². The van der Waals surface area contributed by atoms with Gasteiger partial charge in [0, 0.05) is 6.61 Å². The van der Waals surface area contributed by atoms with Gasteiger partial charge in [-0.05, 0) is 31.2 Å². The fraction of sp³-hybridized carbons (Fsp3) is 0.562. The van der Waals surface area contributed by atoms with Crippen LogP contribution in [0.25, 0.3) is 0 Å². The Morgan fingerprint density at radius 3 is 2.59 bits per heavy atom. The minimum atomic E-state index is -3.69. The number of rotatable bonds is 7. The molecule has 2 N–H and O–H groups in total. The minimum absolute atomic E-state index is 0.0178. The summed E-state index contributed by atoms with van der Waals surface area (Å²) in [5.74, 6) is -1.59. The van der Waals surface area contributed by atoms with E-state index in [0.717, 1.165) is 5.56 Å². The normalized spacial score (nSPS) is 25.5. The first-order valence-corrected chi connectivity index (χ1v) is 9.47. The van der Waals surface area contributed by atoms with Crippen molar-refractivity contribution in [2.75, 3.05) is 6.61 Å². The van der Waals surface area contributed by atoms with Crippen molar-refractivity contribution in [3.05, 3.63) is 35.9 Å². The molecule has 5 nitrogen and oxygen atoms in total. The van der Waals surface area contributed by atoms with Crippen molar-refractivity contribution < 1.29 is 24.1 Å². The summed E-state index contributed by atoms with van der Waals surface area (Å²) in [6.07, 6.45) is 1.67. The van der Waals surface area contributed by atoms with E-state index in [2.05, 4.69) is 0 Å². The lowest BCUT2D eigenvalue weighted by Crippen LogP contribution is -2.33. The van der Waals surface area contributed by atoms with Gasteiger partial charge in [-0.25, -0.2) is 0 Å². The lowest BCUT2D eigenvalue weighted by Gasteiger charge is -2.35. The van der Waals surface area contributed by atoms with Gasteiger partial charge in [-0.2, -0.15) is 0 Å². The van der Waals surface area contributed by atoms with Gasteiger partial charge >= 0.3 is 5.97 Å². The second-order valence-electron chi connectivity index (χ2n) is 5.89. The fourth-order valence-corrected chi connectivity index (χ4v) is 5.33. The van der Waals surface area contributed by atoms with Crippen molar-refractivity contribution in [1.29, 1.82) is 0 Å². The zero-order chi connectivity index (χ0) is 16.2. The molecule has 1 fully saturated rings. The van der Waals surface area contributed by atoms with E-state index < -0.39 is 24.6 Å². The summed E-state index contributed by atoms with van der Waals surface area (Å²) in [5.41, 5.74) is 0.770. The number of carboxylic acid groups (broad SMARTS) is 1. The van der Waals surface area contributed by atoms with Crippen molar-refractivity contribution in [2.45, 2.75) is 44.1 Å². The Bertz CT molecular complexity index is 551. The molecule has 0 amide bonds. The van der Waals surface area contributed by atoms with Crippen LogP contribution in [-0.2, 0) is 20.3 Å². The predicted octanol–water partition coefficient (Wildman–Crippen LogP) is 3.46. The van der Waals surface area contributed by atoms with E-state index in [4.69, 9.17) is 4.74 Å². The maximum atomic E-state index is 13.0. The molecule has 122 valence electrons. The zero-order valence-corrected chi connectivity index (χ0v) is 13.7. The molecule has 0 saturated carbocycles. The van der Waals surface area contributed by atoms with E-state index in [1.165, 1.54) is 0 Å². The highest BCUT2D eigenvalue weighted by atomic mass is 31.2. The maximum absolute atomic E-state index is 13.0. The summed E-state index contributed by atoms with van der Waals surface area (Å²) >= 11 is 0. The van der Waals surface area contributed by atoms with Gasteiger partial charge in [0.15, 0.2) is 0 Å². The second kappa shape index (κ2) is 6.95. The molecule has 3 atom stereocenters. The third kappa shape index (κ3) is 3.60. The summed E-state index contributed by atoms with van der Waals surface area (Å²) in [4.78, 5) is 22.0. The molecule has 6 heteroatoms. The standard InChI is InChI=1S/C16H23O5P/c1-2-14(15(17)18)11-16(9-6-10-21-16)22(19,20)12-13-7-4-3-5-8-13/h3-5,7-8,14H,2,6,9-12H2,1H3,(H,17,18)(H,19,20). The third-order valence-electron chi connectivity index (χ3n) is 4.37. The molecule has 22 heavy (non-hydrogen) atoms. The predicted molar refractivity (Wildman–Crippen MR) is 83.9 cm³/mol. The van der Waals surface area contributed by atoms with Crippen molar-refractivity contribution in [2.24, 2.45) is 5.92 Å². The van der Waals surface area contributed by atoms with Gasteiger partial charge in [-0.1, -0.05) is 37.3 Å². The van der Waals surface area contributed by atoms with Gasteiger partial charge in [-0.15, -0.1) is 0 Å². The maximum Gasteiger partial charge on any atom is 0.306 e. The fourth-order valence-electron chi connectivity index (χ4n) is 3.03. The van der Waals surface area contributed by atoms with Crippen molar-refractivity contribution >= 4 is 13.3 Å². The van der Waals surface area contributed by atoms with Crippen molar-refractivity contribution in [3.8, 4) is 0 Å². The number of carbonyl (C=O) groups is 1. The third-order valence-corrected chi connectivity index (χ3v) is 6.97. The Morgan fingerprint density at radius 2 is 2.09 bits per heavy atom. The van der Waals surface area contributed by atoms with Gasteiger partial charge in [0.2, 0.25) is 7.37 Å². The SMILES string of the molecule is CCC(CC1(P(=O)(O)Cc2ccccc2)CCCO1)C(=O)O. The van der Waals surface area contributed by atoms with Gasteiger partial charge < -0.3 is 14.7 Å². The number of hydrogen-bond donors (Lipinski definition) is 2. The molecular formula is C16H23O5P. The second-order valence-corrected chi connectivity index (χ2v) is 8.43. The highest BCUT2D eigenvalue weighted by molar-refractivity contribution is 7.58. The number of hydrogen-bond acceptors (Lipinski definition) is 3. The molecule has 1 aliphatic rings. The highest BCUT2D eigenvalue weighted by Gasteiger charge is 2.52. The number of benzene rings is 1. The molecule has 2 rings (SSSR count). The van der Waals surface area contributed by atoms with Crippen LogP contribution in [0.1, 0.15) is 38.2 Å². The first-order chi connectivity index (χ1) is 10.4. The van der Waals surface area contributed by atoms with Crippen LogP contribution in [0.2, 0.25) is 0 Å². The van der Waals surface area contributed by atoms with E-state index in [0.29, 0.717) is 25.9 Å². The molecular weight excluding hydrogens is 303 g/mol. The van der Waals surface area contributed by atoms with E-state index in [1.807, 2.05) is 18.2 Å². The quantitative estimate of drug-likeness (QED) is 0.750. The van der Waals surface area contributed by atoms with Crippen LogP contribution in [0.3, 0.4) is 0 Å². The minimum Gasteiger partial charge on any atom is -0.481 e. The Labute approximate surface area is 130 Å². The molecule has 0 radical (unpaired) electrons. The molecule has 1 saturated heterocycles. The largest absolute Gasteiger partial charge is 0.481 e. The van der Waals surface area contributed by atoms with Gasteiger partial charge in [0.1, 0.15) is 5.34 Å².